The van der Waals surface area contributed by atoms with E-state index in [1.165, 1.54) is 38.5 Å². The van der Waals surface area contributed by atoms with Crippen molar-refractivity contribution in [1.82, 2.24) is 0 Å². The second kappa shape index (κ2) is 34.9. The second-order valence-electron chi connectivity index (χ2n) is 16.9. The van der Waals surface area contributed by atoms with Crippen molar-refractivity contribution in [2.75, 3.05) is 13.2 Å². The molecule has 7 N–H and O–H groups in total. The lowest BCUT2D eigenvalue weighted by Gasteiger charge is -2.43. The first-order chi connectivity index (χ1) is 31.6. The average Bonchev–Trinajstić information content (AvgIpc) is 4.03. The van der Waals surface area contributed by atoms with Crippen molar-refractivity contribution in [3.8, 4) is 0 Å². The summed E-state index contributed by atoms with van der Waals surface area (Å²) in [5, 5.41) is 41.3. The molecule has 0 aromatic rings. The fourth-order valence-electron chi connectivity index (χ4n) is 7.14. The van der Waals surface area contributed by atoms with Gasteiger partial charge in [0.05, 0.1) is 18.8 Å². The third-order valence-electron chi connectivity index (χ3n) is 11.0. The van der Waals surface area contributed by atoms with Crippen LogP contribution in [0.4, 0.5) is 0 Å². The van der Waals surface area contributed by atoms with Gasteiger partial charge in [-0.05, 0) is 77.0 Å². The Bertz CT molecular complexity index is 1580. The Morgan fingerprint density at radius 1 is 0.561 bits per heavy atom. The predicted molar refractivity (Wildman–Crippen MR) is 250 cm³/mol. The van der Waals surface area contributed by atoms with Gasteiger partial charge >= 0.3 is 27.6 Å². The van der Waals surface area contributed by atoms with Crippen LogP contribution in [0.5, 0.6) is 0 Å². The lowest BCUT2D eigenvalue weighted by atomic mass is 9.85. The third-order valence-corrected chi connectivity index (χ3v) is 12.5. The highest BCUT2D eigenvalue weighted by atomic mass is 31.2. The van der Waals surface area contributed by atoms with E-state index in [1.807, 2.05) is 12.2 Å². The SMILES string of the molecule is CCCCC/C=C\C/C=C\C/C=C\C/C=C\CCCC(=O)OC[C@H](COP(=O)(O)O[C@H]1C(O)C(O)C(O)[C@@H](OP(=O)(O)O)C1O)OC(=O)CCCCCCCC1OC1C/C=C\CCCCC. The van der Waals surface area contributed by atoms with Crippen LogP contribution in [0.15, 0.2) is 60.8 Å². The quantitative estimate of drug-likeness (QED) is 0.0101. The van der Waals surface area contributed by atoms with Gasteiger partial charge in [-0.1, -0.05) is 126 Å². The molecule has 0 amide bonds. The molecule has 66 heavy (non-hydrogen) atoms. The van der Waals surface area contributed by atoms with E-state index in [1.54, 1.807) is 0 Å². The summed E-state index contributed by atoms with van der Waals surface area (Å²) in [5.74, 6) is -1.30. The number of carbonyl (C=O) groups excluding carboxylic acids is 2. The van der Waals surface area contributed by atoms with Crippen molar-refractivity contribution in [1.29, 1.82) is 0 Å². The molecule has 2 fully saturated rings. The van der Waals surface area contributed by atoms with Crippen LogP contribution in [-0.4, -0.2) is 115 Å². The van der Waals surface area contributed by atoms with E-state index in [9.17, 15) is 53.8 Å². The molecule has 0 spiro atoms. The fourth-order valence-corrected chi connectivity index (χ4v) is 8.68. The normalized spacial score (nSPS) is 25.1. The summed E-state index contributed by atoms with van der Waals surface area (Å²) in [6.07, 6.45) is 26.3. The number of carbonyl (C=O) groups is 2. The van der Waals surface area contributed by atoms with Gasteiger partial charge in [-0.25, -0.2) is 9.13 Å². The first-order valence-electron chi connectivity index (χ1n) is 24.0. The van der Waals surface area contributed by atoms with Crippen LogP contribution in [0.3, 0.4) is 0 Å². The molecule has 1 aliphatic heterocycles. The van der Waals surface area contributed by atoms with Gasteiger partial charge in [-0.3, -0.25) is 23.2 Å². The van der Waals surface area contributed by atoms with E-state index >= 15 is 0 Å². The Morgan fingerprint density at radius 3 is 1.67 bits per heavy atom. The van der Waals surface area contributed by atoms with E-state index < -0.39 is 83.5 Å². The minimum atomic E-state index is -5.38. The number of ether oxygens (including phenoxy) is 3. The lowest BCUT2D eigenvalue weighted by molar-refractivity contribution is -0.216. The molecule has 0 aromatic heterocycles. The Morgan fingerprint density at radius 2 is 1.08 bits per heavy atom. The zero-order valence-corrected chi connectivity index (χ0v) is 40.8. The molecular formula is C47H80O17P2. The molecule has 2 rings (SSSR count). The number of hydrogen-bond donors (Lipinski definition) is 7. The van der Waals surface area contributed by atoms with E-state index in [4.69, 9.17) is 23.3 Å². The molecule has 19 heteroatoms. The van der Waals surface area contributed by atoms with Crippen LogP contribution in [0, 0.1) is 0 Å². The van der Waals surface area contributed by atoms with Gasteiger partial charge in [0.25, 0.3) is 0 Å². The minimum absolute atomic E-state index is 0.00679. The summed E-state index contributed by atoms with van der Waals surface area (Å²) >= 11 is 0. The number of phosphoric ester groups is 2. The number of allylic oxidation sites excluding steroid dienone is 9. The number of aliphatic hydroxyl groups is 4. The zero-order chi connectivity index (χ0) is 48.6. The van der Waals surface area contributed by atoms with Crippen LogP contribution in [-0.2, 0) is 46.5 Å². The first kappa shape index (κ1) is 59.8. The molecule has 380 valence electrons. The largest absolute Gasteiger partial charge is 0.472 e. The molecule has 1 saturated carbocycles. The number of unbranched alkanes of at least 4 members (excludes halogenated alkanes) is 11. The summed E-state index contributed by atoms with van der Waals surface area (Å²) in [7, 11) is -10.7. The highest BCUT2D eigenvalue weighted by Crippen LogP contribution is 2.49. The molecule has 7 unspecified atom stereocenters. The van der Waals surface area contributed by atoms with E-state index in [2.05, 4.69) is 67.0 Å². The van der Waals surface area contributed by atoms with Gasteiger partial charge in [-0.15, -0.1) is 0 Å². The predicted octanol–water partition coefficient (Wildman–Crippen LogP) is 8.05. The third kappa shape index (κ3) is 28.2. The standard InChI is InChI=1S/C47H80O17P2/c1-3-5-7-9-11-12-13-14-15-16-17-18-19-20-21-25-29-33-40(48)59-35-37(36-60-66(57,58)64-47-44(52)42(50)43(51)46(45(47)53)63-65(54,55)56)61-41(49)34-30-26-22-24-28-32-39-38(62-39)31-27-23-10-8-6-4-2/h11-12,14-15,17-18,20-21,23,27,37-39,42-47,50-53H,3-10,13,16,19,22,24-26,28-36H2,1-2H3,(H,57,58)(H2,54,55,56)/b12-11-,15-14-,18-17-,21-20-,27-23-/t37-,38?,39?,42?,43?,44?,45?,46-,47+/m1/s1. The van der Waals surface area contributed by atoms with Gasteiger partial charge in [0.15, 0.2) is 6.10 Å². The van der Waals surface area contributed by atoms with E-state index in [0.717, 1.165) is 70.6 Å². The first-order valence-corrected chi connectivity index (χ1v) is 27.0. The van der Waals surface area contributed by atoms with Crippen molar-refractivity contribution in [2.45, 2.75) is 210 Å². The molecule has 0 aromatic carbocycles. The van der Waals surface area contributed by atoms with Crippen molar-refractivity contribution < 1.29 is 81.6 Å². The van der Waals surface area contributed by atoms with Crippen molar-refractivity contribution in [3.05, 3.63) is 60.8 Å². The Balaban J connectivity index is 1.82. The van der Waals surface area contributed by atoms with Crippen LogP contribution < -0.4 is 0 Å². The maximum Gasteiger partial charge on any atom is 0.472 e. The van der Waals surface area contributed by atoms with E-state index in [-0.39, 0.29) is 12.8 Å². The summed E-state index contributed by atoms with van der Waals surface area (Å²) in [4.78, 5) is 54.3. The highest BCUT2D eigenvalue weighted by molar-refractivity contribution is 7.47. The smallest absolute Gasteiger partial charge is 0.462 e. The van der Waals surface area contributed by atoms with Crippen LogP contribution in [0.1, 0.15) is 155 Å². The molecule has 1 saturated heterocycles. The summed E-state index contributed by atoms with van der Waals surface area (Å²) < 4.78 is 55.1. The lowest BCUT2D eigenvalue weighted by Crippen LogP contribution is -2.64. The number of phosphoric acid groups is 2. The fraction of sp³-hybridized carbons (Fsp3) is 0.745. The van der Waals surface area contributed by atoms with Crippen LogP contribution in [0.2, 0.25) is 0 Å². The Hall–Kier alpha value is -2.34. The summed E-state index contributed by atoms with van der Waals surface area (Å²) in [6.45, 7) is 2.98. The molecule has 10 atom stereocenters. The van der Waals surface area contributed by atoms with Crippen molar-refractivity contribution in [3.63, 3.8) is 0 Å². The number of rotatable bonds is 38. The van der Waals surface area contributed by atoms with Crippen molar-refractivity contribution >= 4 is 27.6 Å². The molecule has 0 radical (unpaired) electrons. The Kier molecular flexibility index (Phi) is 31.6. The number of hydrogen-bond acceptors (Lipinski definition) is 14. The van der Waals surface area contributed by atoms with Crippen molar-refractivity contribution in [2.24, 2.45) is 0 Å². The maximum absolute atomic E-state index is 13.0. The molecule has 1 aliphatic carbocycles. The molecular weight excluding hydrogens is 898 g/mol. The summed E-state index contributed by atoms with van der Waals surface area (Å²) in [5.41, 5.74) is 0. The number of aliphatic hydroxyl groups excluding tert-OH is 4. The van der Waals surface area contributed by atoms with Gasteiger partial charge in [0.2, 0.25) is 0 Å². The van der Waals surface area contributed by atoms with E-state index in [0.29, 0.717) is 31.5 Å². The van der Waals surface area contributed by atoms with Gasteiger partial charge in [0, 0.05) is 12.8 Å². The molecule has 17 nitrogen and oxygen atoms in total. The summed E-state index contributed by atoms with van der Waals surface area (Å²) in [6, 6.07) is 0. The van der Waals surface area contributed by atoms with Gasteiger partial charge in [0.1, 0.15) is 43.2 Å². The number of esters is 2. The van der Waals surface area contributed by atoms with Gasteiger partial charge in [-0.2, -0.15) is 0 Å². The topological polar surface area (TPSA) is 269 Å². The molecule has 2 aliphatic rings. The number of epoxide rings is 1. The van der Waals surface area contributed by atoms with Gasteiger partial charge < -0.3 is 49.3 Å². The molecule has 0 bridgehead atoms. The van der Waals surface area contributed by atoms with Crippen LogP contribution >= 0.6 is 15.6 Å². The zero-order valence-electron chi connectivity index (χ0n) is 39.0. The molecule has 1 heterocycles. The highest BCUT2D eigenvalue weighted by Gasteiger charge is 2.54. The maximum atomic E-state index is 13.0. The second-order valence-corrected chi connectivity index (χ2v) is 19.5. The monoisotopic (exact) mass is 978 g/mol. The Labute approximate surface area is 392 Å². The average molecular weight is 979 g/mol. The van der Waals surface area contributed by atoms with Crippen LogP contribution in [0.25, 0.3) is 0 Å². The minimum Gasteiger partial charge on any atom is -0.462 e.